The third kappa shape index (κ3) is 5.67. The molecule has 2 N–H and O–H groups in total. The Labute approximate surface area is 112 Å². The van der Waals surface area contributed by atoms with Crippen LogP contribution in [0.4, 0.5) is 0 Å². The Morgan fingerprint density at radius 2 is 2.21 bits per heavy atom. The Kier molecular flexibility index (Phi) is 6.84. The van der Waals surface area contributed by atoms with Gasteiger partial charge >= 0.3 is 0 Å². The molecule has 1 aromatic heterocycles. The summed E-state index contributed by atoms with van der Waals surface area (Å²) in [7, 11) is 1.59. The van der Waals surface area contributed by atoms with Gasteiger partial charge in [0, 0.05) is 39.0 Å². The highest BCUT2D eigenvalue weighted by Gasteiger charge is 2.10. The number of hydrogen-bond donors (Lipinski definition) is 2. The number of carbonyl (C=O) groups is 1. The third-order valence-corrected chi connectivity index (χ3v) is 2.70. The van der Waals surface area contributed by atoms with Gasteiger partial charge in [-0.25, -0.2) is 0 Å². The fraction of sp³-hybridized carbons (Fsp3) is 0.538. The number of ether oxygens (including phenoxy) is 1. The molecule has 6 heteroatoms. The topological polar surface area (TPSA) is 72.4 Å². The number of nitrogens with zero attached hydrogens (tertiary/aromatic N) is 1. The lowest BCUT2D eigenvalue weighted by Gasteiger charge is -2.14. The summed E-state index contributed by atoms with van der Waals surface area (Å²) in [5, 5.41) is 5.82. The number of methoxy groups -OCH3 is 1. The second-order valence-corrected chi connectivity index (χ2v) is 4.19. The third-order valence-electron chi connectivity index (χ3n) is 2.70. The quantitative estimate of drug-likeness (QED) is 0.628. The minimum absolute atomic E-state index is 0.0403. The SMILES string of the molecule is COCCNC(=O)C(C)NCCn1ccccc1=O. The average molecular weight is 267 g/mol. The van der Waals surface area contributed by atoms with E-state index >= 15 is 0 Å². The molecular weight excluding hydrogens is 246 g/mol. The molecule has 6 nitrogen and oxygen atoms in total. The van der Waals surface area contributed by atoms with E-state index in [1.165, 1.54) is 6.07 Å². The van der Waals surface area contributed by atoms with Gasteiger partial charge < -0.3 is 19.9 Å². The van der Waals surface area contributed by atoms with Gasteiger partial charge in [-0.2, -0.15) is 0 Å². The molecule has 1 atom stereocenters. The fourth-order valence-electron chi connectivity index (χ4n) is 1.57. The molecule has 0 spiro atoms. The predicted octanol–water partition coefficient (Wildman–Crippen LogP) is -0.411. The Hall–Kier alpha value is -1.66. The van der Waals surface area contributed by atoms with E-state index in [0.29, 0.717) is 26.2 Å². The van der Waals surface area contributed by atoms with Crippen LogP contribution in [0.5, 0.6) is 0 Å². The highest BCUT2D eigenvalue weighted by atomic mass is 16.5. The molecule has 1 heterocycles. The number of aromatic nitrogens is 1. The Morgan fingerprint density at radius 1 is 1.42 bits per heavy atom. The van der Waals surface area contributed by atoms with E-state index in [9.17, 15) is 9.59 Å². The van der Waals surface area contributed by atoms with Crippen molar-refractivity contribution in [3.63, 3.8) is 0 Å². The normalized spacial score (nSPS) is 12.1. The first kappa shape index (κ1) is 15.4. The van der Waals surface area contributed by atoms with E-state index in [0.717, 1.165) is 0 Å². The zero-order chi connectivity index (χ0) is 14.1. The molecule has 0 aromatic carbocycles. The highest BCUT2D eigenvalue weighted by Crippen LogP contribution is 1.85. The summed E-state index contributed by atoms with van der Waals surface area (Å²) in [6.45, 7) is 3.88. The van der Waals surface area contributed by atoms with Crippen molar-refractivity contribution in [2.75, 3.05) is 26.8 Å². The number of rotatable bonds is 8. The standard InChI is InChI=1S/C13H21N3O3/c1-11(13(18)15-7-10-19-2)14-6-9-16-8-4-3-5-12(16)17/h3-5,8,11,14H,6-7,9-10H2,1-2H3,(H,15,18). The van der Waals surface area contributed by atoms with Crippen LogP contribution in [0.15, 0.2) is 29.2 Å². The van der Waals surface area contributed by atoms with Crippen molar-refractivity contribution >= 4 is 5.91 Å². The smallest absolute Gasteiger partial charge is 0.250 e. The molecule has 1 aromatic rings. The number of hydrogen-bond acceptors (Lipinski definition) is 4. The van der Waals surface area contributed by atoms with Gasteiger partial charge in [-0.1, -0.05) is 6.07 Å². The Bertz CT molecular complexity index is 445. The molecule has 1 unspecified atom stereocenters. The van der Waals surface area contributed by atoms with Crippen LogP contribution in [0.2, 0.25) is 0 Å². The maximum atomic E-state index is 11.6. The van der Waals surface area contributed by atoms with Crippen LogP contribution >= 0.6 is 0 Å². The molecule has 19 heavy (non-hydrogen) atoms. The van der Waals surface area contributed by atoms with Crippen LogP contribution in [-0.2, 0) is 16.1 Å². The van der Waals surface area contributed by atoms with Gasteiger partial charge in [0.05, 0.1) is 12.6 Å². The second-order valence-electron chi connectivity index (χ2n) is 4.19. The zero-order valence-corrected chi connectivity index (χ0v) is 11.4. The minimum atomic E-state index is -0.295. The molecule has 0 aliphatic heterocycles. The first-order chi connectivity index (χ1) is 9.15. The number of amides is 1. The number of nitrogens with one attached hydrogen (secondary N) is 2. The van der Waals surface area contributed by atoms with Crippen molar-refractivity contribution in [2.45, 2.75) is 19.5 Å². The molecule has 1 rings (SSSR count). The highest BCUT2D eigenvalue weighted by molar-refractivity contribution is 5.81. The summed E-state index contributed by atoms with van der Waals surface area (Å²) in [6, 6.07) is 4.73. The molecule has 106 valence electrons. The fourth-order valence-corrected chi connectivity index (χ4v) is 1.57. The predicted molar refractivity (Wildman–Crippen MR) is 73.1 cm³/mol. The van der Waals surface area contributed by atoms with Crippen molar-refractivity contribution < 1.29 is 9.53 Å². The van der Waals surface area contributed by atoms with Crippen LogP contribution in [-0.4, -0.2) is 43.3 Å². The molecule has 0 radical (unpaired) electrons. The van der Waals surface area contributed by atoms with E-state index in [-0.39, 0.29) is 17.5 Å². The van der Waals surface area contributed by atoms with Crippen LogP contribution in [0.1, 0.15) is 6.92 Å². The zero-order valence-electron chi connectivity index (χ0n) is 11.4. The van der Waals surface area contributed by atoms with E-state index in [4.69, 9.17) is 4.74 Å². The van der Waals surface area contributed by atoms with Crippen molar-refractivity contribution in [2.24, 2.45) is 0 Å². The van der Waals surface area contributed by atoms with Gasteiger partial charge in [0.2, 0.25) is 5.91 Å². The Morgan fingerprint density at radius 3 is 2.89 bits per heavy atom. The van der Waals surface area contributed by atoms with E-state index in [1.807, 2.05) is 6.07 Å². The summed E-state index contributed by atoms with van der Waals surface area (Å²) in [5.41, 5.74) is -0.0403. The van der Waals surface area contributed by atoms with Gasteiger partial charge in [0.15, 0.2) is 0 Å². The maximum Gasteiger partial charge on any atom is 0.250 e. The van der Waals surface area contributed by atoms with E-state index < -0.39 is 0 Å². The van der Waals surface area contributed by atoms with Crippen molar-refractivity contribution in [1.29, 1.82) is 0 Å². The number of carbonyl (C=O) groups excluding carboxylic acids is 1. The lowest BCUT2D eigenvalue weighted by molar-refractivity contribution is -0.122. The lowest BCUT2D eigenvalue weighted by Crippen LogP contribution is -2.44. The van der Waals surface area contributed by atoms with Crippen molar-refractivity contribution in [1.82, 2.24) is 15.2 Å². The van der Waals surface area contributed by atoms with E-state index in [2.05, 4.69) is 10.6 Å². The van der Waals surface area contributed by atoms with Crippen molar-refractivity contribution in [3.8, 4) is 0 Å². The summed E-state index contributed by atoms with van der Waals surface area (Å²) >= 11 is 0. The average Bonchev–Trinajstić information content (AvgIpc) is 2.41. The molecule has 0 fully saturated rings. The van der Waals surface area contributed by atoms with Gasteiger partial charge in [0.1, 0.15) is 0 Å². The van der Waals surface area contributed by atoms with Crippen LogP contribution in [0.3, 0.4) is 0 Å². The minimum Gasteiger partial charge on any atom is -0.383 e. The maximum absolute atomic E-state index is 11.6. The molecular formula is C13H21N3O3. The summed E-state index contributed by atoms with van der Waals surface area (Å²) in [6.07, 6.45) is 1.73. The van der Waals surface area contributed by atoms with Crippen molar-refractivity contribution in [3.05, 3.63) is 34.7 Å². The van der Waals surface area contributed by atoms with Crippen LogP contribution in [0, 0.1) is 0 Å². The second kappa shape index (κ2) is 8.44. The largest absolute Gasteiger partial charge is 0.383 e. The first-order valence-electron chi connectivity index (χ1n) is 6.30. The summed E-state index contributed by atoms with van der Waals surface area (Å²) in [4.78, 5) is 23.1. The van der Waals surface area contributed by atoms with E-state index in [1.54, 1.807) is 30.9 Å². The van der Waals surface area contributed by atoms with Crippen LogP contribution in [0.25, 0.3) is 0 Å². The molecule has 0 saturated heterocycles. The molecule has 1 amide bonds. The Balaban J connectivity index is 2.27. The lowest BCUT2D eigenvalue weighted by atomic mass is 10.3. The molecule has 0 aliphatic rings. The summed E-state index contributed by atoms with van der Waals surface area (Å²) in [5.74, 6) is -0.0718. The van der Waals surface area contributed by atoms with Gasteiger partial charge in [-0.15, -0.1) is 0 Å². The first-order valence-corrected chi connectivity index (χ1v) is 6.30. The molecule has 0 bridgehead atoms. The van der Waals surface area contributed by atoms with Gasteiger partial charge in [-0.05, 0) is 13.0 Å². The van der Waals surface area contributed by atoms with Crippen LogP contribution < -0.4 is 16.2 Å². The summed E-state index contributed by atoms with van der Waals surface area (Å²) < 4.78 is 6.45. The number of pyridine rings is 1. The molecule has 0 saturated carbocycles. The van der Waals surface area contributed by atoms with Gasteiger partial charge in [-0.3, -0.25) is 9.59 Å². The molecule has 0 aliphatic carbocycles. The van der Waals surface area contributed by atoms with Gasteiger partial charge in [0.25, 0.3) is 5.56 Å². The monoisotopic (exact) mass is 267 g/mol.